The number of nitrogens with zero attached hydrogens (tertiary/aromatic N) is 1. The van der Waals surface area contributed by atoms with Crippen molar-refractivity contribution in [1.82, 2.24) is 9.03 Å². The molecule has 1 aliphatic heterocycles. The van der Waals surface area contributed by atoms with Crippen LogP contribution in [0.3, 0.4) is 0 Å². The summed E-state index contributed by atoms with van der Waals surface area (Å²) in [6, 6.07) is 0. The molecule has 1 rings (SSSR count). The number of rotatable bonds is 2. The van der Waals surface area contributed by atoms with E-state index in [1.165, 1.54) is 4.31 Å². The van der Waals surface area contributed by atoms with E-state index in [1.54, 1.807) is 20.8 Å². The van der Waals surface area contributed by atoms with Gasteiger partial charge in [-0.1, -0.05) is 0 Å². The van der Waals surface area contributed by atoms with Gasteiger partial charge in [0.25, 0.3) is 10.2 Å². The fraction of sp³-hybridized carbons (Fsp3) is 0.889. The van der Waals surface area contributed by atoms with E-state index < -0.39 is 21.7 Å². The zero-order chi connectivity index (χ0) is 12.6. The van der Waals surface area contributed by atoms with Gasteiger partial charge >= 0.3 is 5.97 Å². The molecule has 94 valence electrons. The molecule has 16 heavy (non-hydrogen) atoms. The smallest absolute Gasteiger partial charge is 0.303 e. The molecule has 1 atom stereocenters. The number of hydrogen-bond acceptors (Lipinski definition) is 3. The SMILES string of the molecule is CC(C)(C)N1CC(CC(=O)O)CNS1(=O)=O. The van der Waals surface area contributed by atoms with Gasteiger partial charge in [0.05, 0.1) is 6.42 Å². The Bertz CT molecular complexity index is 371. The maximum Gasteiger partial charge on any atom is 0.303 e. The largest absolute Gasteiger partial charge is 0.481 e. The van der Waals surface area contributed by atoms with Crippen molar-refractivity contribution >= 4 is 16.2 Å². The molecule has 0 saturated carbocycles. The van der Waals surface area contributed by atoms with E-state index in [0.29, 0.717) is 0 Å². The van der Waals surface area contributed by atoms with Crippen LogP contribution in [0.25, 0.3) is 0 Å². The number of carbonyl (C=O) groups is 1. The first kappa shape index (κ1) is 13.4. The lowest BCUT2D eigenvalue weighted by Gasteiger charge is -2.40. The fourth-order valence-electron chi connectivity index (χ4n) is 1.72. The predicted octanol–water partition coefficient (Wildman–Crippen LogP) is 0.0258. The second-order valence-corrected chi connectivity index (χ2v) is 6.70. The summed E-state index contributed by atoms with van der Waals surface area (Å²) in [4.78, 5) is 10.6. The van der Waals surface area contributed by atoms with Crippen molar-refractivity contribution in [2.24, 2.45) is 5.92 Å². The first-order valence-electron chi connectivity index (χ1n) is 5.12. The third-order valence-corrected chi connectivity index (χ3v) is 4.29. The number of carboxylic acid groups (broad SMARTS) is 1. The minimum Gasteiger partial charge on any atom is -0.481 e. The van der Waals surface area contributed by atoms with Gasteiger partial charge in [-0.25, -0.2) is 4.72 Å². The first-order chi connectivity index (χ1) is 7.13. The molecule has 0 radical (unpaired) electrons. The third kappa shape index (κ3) is 3.16. The van der Waals surface area contributed by atoms with Crippen LogP contribution in [-0.2, 0) is 15.0 Å². The van der Waals surface area contributed by atoms with Crippen molar-refractivity contribution < 1.29 is 18.3 Å². The Kier molecular flexibility index (Phi) is 3.61. The van der Waals surface area contributed by atoms with Crippen LogP contribution in [0.1, 0.15) is 27.2 Å². The fourth-order valence-corrected chi connectivity index (χ4v) is 3.45. The van der Waals surface area contributed by atoms with Crippen LogP contribution < -0.4 is 4.72 Å². The Morgan fingerprint density at radius 1 is 1.50 bits per heavy atom. The standard InChI is InChI=1S/C9H18N2O4S/c1-9(2,3)11-6-7(4-8(12)13)5-10-16(11,14)15/h7,10H,4-6H2,1-3H3,(H,12,13). The van der Waals surface area contributed by atoms with Crippen molar-refractivity contribution in [2.75, 3.05) is 13.1 Å². The number of nitrogens with one attached hydrogen (secondary N) is 1. The highest BCUT2D eigenvalue weighted by atomic mass is 32.2. The van der Waals surface area contributed by atoms with Crippen LogP contribution >= 0.6 is 0 Å². The van der Waals surface area contributed by atoms with Gasteiger partial charge in [-0.3, -0.25) is 4.79 Å². The lowest BCUT2D eigenvalue weighted by Crippen LogP contribution is -2.58. The molecule has 1 saturated heterocycles. The Labute approximate surface area is 95.8 Å². The van der Waals surface area contributed by atoms with Crippen molar-refractivity contribution in [3.63, 3.8) is 0 Å². The molecule has 0 bridgehead atoms. The van der Waals surface area contributed by atoms with Crippen molar-refractivity contribution in [1.29, 1.82) is 0 Å². The van der Waals surface area contributed by atoms with Crippen LogP contribution in [0.2, 0.25) is 0 Å². The van der Waals surface area contributed by atoms with Gasteiger partial charge in [-0.2, -0.15) is 12.7 Å². The number of carboxylic acids is 1. The summed E-state index contributed by atoms with van der Waals surface area (Å²) in [6.45, 7) is 5.81. The zero-order valence-corrected chi connectivity index (χ0v) is 10.5. The van der Waals surface area contributed by atoms with Crippen LogP contribution in [-0.4, -0.2) is 42.4 Å². The predicted molar refractivity (Wildman–Crippen MR) is 59.1 cm³/mol. The van der Waals surface area contributed by atoms with Crippen LogP contribution in [0.5, 0.6) is 0 Å². The molecule has 0 spiro atoms. The average molecular weight is 250 g/mol. The molecule has 1 unspecified atom stereocenters. The van der Waals surface area contributed by atoms with Gasteiger partial charge in [-0.15, -0.1) is 0 Å². The molecule has 6 nitrogen and oxygen atoms in total. The summed E-state index contributed by atoms with van der Waals surface area (Å²) < 4.78 is 27.2. The average Bonchev–Trinajstić information content (AvgIpc) is 2.05. The van der Waals surface area contributed by atoms with Gasteiger partial charge in [-0.05, 0) is 26.7 Å². The molecule has 0 aromatic heterocycles. The first-order valence-corrected chi connectivity index (χ1v) is 6.56. The van der Waals surface area contributed by atoms with E-state index in [-0.39, 0.29) is 25.4 Å². The molecule has 7 heteroatoms. The van der Waals surface area contributed by atoms with Gasteiger partial charge in [0.15, 0.2) is 0 Å². The molecule has 1 aliphatic rings. The summed E-state index contributed by atoms with van der Waals surface area (Å²) in [6.07, 6.45) is -0.0187. The quantitative estimate of drug-likeness (QED) is 0.723. The minimum atomic E-state index is -3.46. The molecule has 0 aromatic carbocycles. The van der Waals surface area contributed by atoms with E-state index in [4.69, 9.17) is 5.11 Å². The second kappa shape index (κ2) is 4.31. The molecular weight excluding hydrogens is 232 g/mol. The Balaban J connectivity index is 2.83. The van der Waals surface area contributed by atoms with Crippen LogP contribution in [0, 0.1) is 5.92 Å². The summed E-state index contributed by atoms with van der Waals surface area (Å²) in [5, 5.41) is 8.69. The Morgan fingerprint density at radius 3 is 2.50 bits per heavy atom. The van der Waals surface area contributed by atoms with Crippen LogP contribution in [0.15, 0.2) is 0 Å². The Morgan fingerprint density at radius 2 is 2.06 bits per heavy atom. The van der Waals surface area contributed by atoms with Gasteiger partial charge in [0.1, 0.15) is 0 Å². The lowest BCUT2D eigenvalue weighted by molar-refractivity contribution is -0.138. The van der Waals surface area contributed by atoms with Crippen molar-refractivity contribution in [3.8, 4) is 0 Å². The topological polar surface area (TPSA) is 86.7 Å². The second-order valence-electron chi connectivity index (χ2n) is 5.02. The molecule has 0 aromatic rings. The van der Waals surface area contributed by atoms with E-state index >= 15 is 0 Å². The van der Waals surface area contributed by atoms with E-state index in [2.05, 4.69) is 4.72 Å². The highest BCUT2D eigenvalue weighted by Crippen LogP contribution is 2.23. The maximum atomic E-state index is 11.7. The summed E-state index contributed by atoms with van der Waals surface area (Å²) in [7, 11) is -3.46. The lowest BCUT2D eigenvalue weighted by atomic mass is 10.0. The molecule has 2 N–H and O–H groups in total. The van der Waals surface area contributed by atoms with E-state index in [9.17, 15) is 13.2 Å². The molecule has 0 amide bonds. The molecule has 1 fully saturated rings. The van der Waals surface area contributed by atoms with E-state index in [1.807, 2.05) is 0 Å². The third-order valence-electron chi connectivity index (χ3n) is 2.48. The van der Waals surface area contributed by atoms with E-state index in [0.717, 1.165) is 0 Å². The normalized spacial score (nSPS) is 26.6. The molecule has 0 aliphatic carbocycles. The Hall–Kier alpha value is -0.660. The summed E-state index contributed by atoms with van der Waals surface area (Å²) in [5.41, 5.74) is -0.539. The highest BCUT2D eigenvalue weighted by molar-refractivity contribution is 7.87. The van der Waals surface area contributed by atoms with Crippen molar-refractivity contribution in [2.45, 2.75) is 32.7 Å². The van der Waals surface area contributed by atoms with Gasteiger partial charge < -0.3 is 5.11 Å². The maximum absolute atomic E-state index is 11.7. The summed E-state index contributed by atoms with van der Waals surface area (Å²) in [5.74, 6) is -1.08. The highest BCUT2D eigenvalue weighted by Gasteiger charge is 2.38. The number of hydrogen-bond donors (Lipinski definition) is 2. The van der Waals surface area contributed by atoms with Gasteiger partial charge in [0, 0.05) is 18.6 Å². The zero-order valence-electron chi connectivity index (χ0n) is 9.73. The van der Waals surface area contributed by atoms with Crippen molar-refractivity contribution in [3.05, 3.63) is 0 Å². The minimum absolute atomic E-state index is 0.0187. The number of aliphatic carboxylic acids is 1. The molecule has 1 heterocycles. The van der Waals surface area contributed by atoms with Crippen LogP contribution in [0.4, 0.5) is 0 Å². The summed E-state index contributed by atoms with van der Waals surface area (Å²) >= 11 is 0. The monoisotopic (exact) mass is 250 g/mol. The van der Waals surface area contributed by atoms with Gasteiger partial charge in [0.2, 0.25) is 0 Å². The molecular formula is C9H18N2O4S.